The Balaban J connectivity index is 1.88. The Morgan fingerprint density at radius 3 is 2.07 bits per heavy atom. The molecular formula is C25H33NO4. The Kier molecular flexibility index (Phi) is 7.65. The van der Waals surface area contributed by atoms with E-state index in [2.05, 4.69) is 5.32 Å². The predicted molar refractivity (Wildman–Crippen MR) is 118 cm³/mol. The summed E-state index contributed by atoms with van der Waals surface area (Å²) in [5.74, 6) is -0.251. The first-order chi connectivity index (χ1) is 14.0. The van der Waals surface area contributed by atoms with Crippen LogP contribution in [0.5, 0.6) is 0 Å². The fourth-order valence-electron chi connectivity index (χ4n) is 2.95. The second kappa shape index (κ2) is 9.79. The van der Waals surface area contributed by atoms with E-state index in [1.807, 2.05) is 96.1 Å². The van der Waals surface area contributed by atoms with Gasteiger partial charge in [0.1, 0.15) is 12.2 Å². The maximum absolute atomic E-state index is 12.5. The monoisotopic (exact) mass is 411 g/mol. The molecule has 0 aliphatic carbocycles. The first-order valence-electron chi connectivity index (χ1n) is 10.3. The second-order valence-corrected chi connectivity index (χ2v) is 9.14. The van der Waals surface area contributed by atoms with Crippen LogP contribution >= 0.6 is 0 Å². The lowest BCUT2D eigenvalue weighted by Gasteiger charge is -2.29. The molecule has 162 valence electrons. The molecule has 0 aromatic heterocycles. The standard InChI is InChI=1S/C25H33NO4/c1-18(26-23(28)29-17-20-10-8-7-9-11-20)16-19-12-14-21(15-13-19)25(5,6)22(27)30-24(2,3)4/h7-15,18H,16-17H2,1-6H3,(H,26,28)/t18-/m0/s1. The first kappa shape index (κ1) is 23.5. The number of hydrogen-bond donors (Lipinski definition) is 1. The summed E-state index contributed by atoms with van der Waals surface area (Å²) in [6, 6.07) is 17.3. The minimum Gasteiger partial charge on any atom is -0.459 e. The van der Waals surface area contributed by atoms with Crippen molar-refractivity contribution in [2.24, 2.45) is 0 Å². The number of carbonyl (C=O) groups excluding carboxylic acids is 2. The highest BCUT2D eigenvalue weighted by atomic mass is 16.6. The quantitative estimate of drug-likeness (QED) is 0.639. The molecule has 2 aromatic rings. The number of nitrogens with one attached hydrogen (secondary N) is 1. The van der Waals surface area contributed by atoms with Gasteiger partial charge in [-0.15, -0.1) is 0 Å². The minimum absolute atomic E-state index is 0.0852. The SMILES string of the molecule is C[C@@H](Cc1ccc(C(C)(C)C(=O)OC(C)(C)C)cc1)NC(=O)OCc1ccccc1. The molecule has 1 atom stereocenters. The lowest BCUT2D eigenvalue weighted by Crippen LogP contribution is -2.36. The molecule has 1 amide bonds. The van der Waals surface area contributed by atoms with E-state index in [4.69, 9.17) is 9.47 Å². The van der Waals surface area contributed by atoms with Crippen LogP contribution in [0.25, 0.3) is 0 Å². The summed E-state index contributed by atoms with van der Waals surface area (Å²) in [5, 5.41) is 2.85. The summed E-state index contributed by atoms with van der Waals surface area (Å²) in [6.45, 7) is 11.5. The van der Waals surface area contributed by atoms with Gasteiger partial charge in [-0.1, -0.05) is 54.6 Å². The molecule has 5 nitrogen and oxygen atoms in total. The largest absolute Gasteiger partial charge is 0.459 e. The van der Waals surface area contributed by atoms with Crippen LogP contribution in [0.15, 0.2) is 54.6 Å². The third-order valence-corrected chi connectivity index (χ3v) is 4.70. The Labute approximate surface area is 179 Å². The van der Waals surface area contributed by atoms with Crippen LogP contribution in [0.2, 0.25) is 0 Å². The number of alkyl carbamates (subject to hydrolysis) is 1. The number of ether oxygens (including phenoxy) is 2. The Morgan fingerprint density at radius 2 is 1.50 bits per heavy atom. The van der Waals surface area contributed by atoms with Crippen LogP contribution < -0.4 is 5.32 Å². The van der Waals surface area contributed by atoms with E-state index in [9.17, 15) is 9.59 Å². The molecule has 0 bridgehead atoms. The van der Waals surface area contributed by atoms with E-state index < -0.39 is 17.1 Å². The van der Waals surface area contributed by atoms with Crippen molar-refractivity contribution in [3.63, 3.8) is 0 Å². The average molecular weight is 412 g/mol. The number of benzene rings is 2. The predicted octanol–water partition coefficient (Wildman–Crippen LogP) is 5.16. The van der Waals surface area contributed by atoms with Crippen LogP contribution in [0.1, 0.15) is 58.2 Å². The number of hydrogen-bond acceptors (Lipinski definition) is 4. The van der Waals surface area contributed by atoms with Gasteiger partial charge in [-0.25, -0.2) is 4.79 Å². The summed E-state index contributed by atoms with van der Waals surface area (Å²) in [7, 11) is 0. The third kappa shape index (κ3) is 7.21. The van der Waals surface area contributed by atoms with Gasteiger partial charge in [0.2, 0.25) is 0 Å². The molecule has 0 radical (unpaired) electrons. The Bertz CT molecular complexity index is 836. The normalized spacial score (nSPS) is 12.7. The molecule has 2 aromatic carbocycles. The highest BCUT2D eigenvalue weighted by molar-refractivity contribution is 5.82. The zero-order valence-corrected chi connectivity index (χ0v) is 18.8. The molecule has 0 saturated carbocycles. The van der Waals surface area contributed by atoms with E-state index in [1.54, 1.807) is 0 Å². The van der Waals surface area contributed by atoms with Gasteiger partial charge in [0.05, 0.1) is 5.41 Å². The van der Waals surface area contributed by atoms with Crippen molar-refractivity contribution in [2.45, 2.75) is 71.6 Å². The summed E-state index contributed by atoms with van der Waals surface area (Å²) in [6.07, 6.45) is 0.224. The minimum atomic E-state index is -0.739. The molecule has 1 N–H and O–H groups in total. The molecule has 0 heterocycles. The molecule has 0 saturated heterocycles. The van der Waals surface area contributed by atoms with Crippen molar-refractivity contribution in [2.75, 3.05) is 0 Å². The third-order valence-electron chi connectivity index (χ3n) is 4.70. The molecule has 30 heavy (non-hydrogen) atoms. The second-order valence-electron chi connectivity index (χ2n) is 9.14. The number of amides is 1. The zero-order chi connectivity index (χ0) is 22.4. The summed E-state index contributed by atoms with van der Waals surface area (Å²) in [4.78, 5) is 24.6. The summed E-state index contributed by atoms with van der Waals surface area (Å²) in [5.41, 5.74) is 1.64. The van der Waals surface area contributed by atoms with Crippen molar-refractivity contribution >= 4 is 12.1 Å². The molecule has 0 aliphatic rings. The average Bonchev–Trinajstić information content (AvgIpc) is 2.66. The number of rotatable bonds is 7. The van der Waals surface area contributed by atoms with Gasteiger partial charge >= 0.3 is 12.1 Å². The maximum Gasteiger partial charge on any atom is 0.407 e. The molecule has 0 unspecified atom stereocenters. The van der Waals surface area contributed by atoms with Crippen molar-refractivity contribution in [1.29, 1.82) is 0 Å². The van der Waals surface area contributed by atoms with Gasteiger partial charge in [0.25, 0.3) is 0 Å². The van der Waals surface area contributed by atoms with E-state index >= 15 is 0 Å². The van der Waals surface area contributed by atoms with Crippen molar-refractivity contribution < 1.29 is 19.1 Å². The lowest BCUT2D eigenvalue weighted by atomic mass is 9.84. The van der Waals surface area contributed by atoms with E-state index in [1.165, 1.54) is 0 Å². The summed E-state index contributed by atoms with van der Waals surface area (Å²) < 4.78 is 10.8. The highest BCUT2D eigenvalue weighted by Gasteiger charge is 2.34. The number of carbonyl (C=O) groups is 2. The Hall–Kier alpha value is -2.82. The Morgan fingerprint density at radius 1 is 0.900 bits per heavy atom. The molecule has 5 heteroatoms. The lowest BCUT2D eigenvalue weighted by molar-refractivity contribution is -0.160. The van der Waals surface area contributed by atoms with Gasteiger partial charge in [0.15, 0.2) is 0 Å². The molecule has 2 rings (SSSR count). The maximum atomic E-state index is 12.5. The van der Waals surface area contributed by atoms with Crippen LogP contribution in [-0.2, 0) is 32.7 Å². The van der Waals surface area contributed by atoms with Gasteiger partial charge in [-0.2, -0.15) is 0 Å². The van der Waals surface area contributed by atoms with E-state index in [0.717, 1.165) is 16.7 Å². The number of esters is 1. The van der Waals surface area contributed by atoms with Gasteiger partial charge in [-0.3, -0.25) is 4.79 Å². The van der Waals surface area contributed by atoms with Crippen LogP contribution in [0.4, 0.5) is 4.79 Å². The fraction of sp³-hybridized carbons (Fsp3) is 0.440. The van der Waals surface area contributed by atoms with Crippen molar-refractivity contribution in [3.05, 3.63) is 71.3 Å². The molecular weight excluding hydrogens is 378 g/mol. The van der Waals surface area contributed by atoms with E-state index in [0.29, 0.717) is 6.42 Å². The van der Waals surface area contributed by atoms with Crippen molar-refractivity contribution in [3.8, 4) is 0 Å². The topological polar surface area (TPSA) is 64.6 Å². The zero-order valence-electron chi connectivity index (χ0n) is 18.8. The molecule has 0 aliphatic heterocycles. The van der Waals surface area contributed by atoms with Crippen LogP contribution in [-0.4, -0.2) is 23.7 Å². The van der Waals surface area contributed by atoms with E-state index in [-0.39, 0.29) is 18.6 Å². The highest BCUT2D eigenvalue weighted by Crippen LogP contribution is 2.27. The van der Waals surface area contributed by atoms with Crippen LogP contribution in [0.3, 0.4) is 0 Å². The van der Waals surface area contributed by atoms with Gasteiger partial charge < -0.3 is 14.8 Å². The first-order valence-corrected chi connectivity index (χ1v) is 10.3. The summed E-state index contributed by atoms with van der Waals surface area (Å²) >= 11 is 0. The van der Waals surface area contributed by atoms with Gasteiger partial charge in [-0.05, 0) is 64.7 Å². The van der Waals surface area contributed by atoms with Crippen LogP contribution in [0, 0.1) is 0 Å². The molecule has 0 fully saturated rings. The fourth-order valence-corrected chi connectivity index (χ4v) is 2.95. The van der Waals surface area contributed by atoms with Gasteiger partial charge in [0, 0.05) is 6.04 Å². The van der Waals surface area contributed by atoms with Crippen molar-refractivity contribution in [1.82, 2.24) is 5.32 Å². The molecule has 0 spiro atoms. The smallest absolute Gasteiger partial charge is 0.407 e.